The van der Waals surface area contributed by atoms with Crippen LogP contribution in [0.3, 0.4) is 0 Å². The lowest BCUT2D eigenvalue weighted by Crippen LogP contribution is -2.37. The van der Waals surface area contributed by atoms with E-state index in [2.05, 4.69) is 62.6 Å². The summed E-state index contributed by atoms with van der Waals surface area (Å²) >= 11 is 0. The lowest BCUT2D eigenvalue weighted by Gasteiger charge is -2.35. The number of aryl methyl sites for hydroxylation is 1. The first-order chi connectivity index (χ1) is 10.1. The molecular formula is C16H15N5. The minimum atomic E-state index is -0.235. The highest BCUT2D eigenvalue weighted by molar-refractivity contribution is 5.96. The van der Waals surface area contributed by atoms with Crippen LogP contribution in [0, 0.1) is 6.92 Å². The minimum absolute atomic E-state index is 0.235. The zero-order valence-corrected chi connectivity index (χ0v) is 12.2. The van der Waals surface area contributed by atoms with Crippen LogP contribution in [-0.4, -0.2) is 23.5 Å². The number of hydrogen-bond donors (Lipinski definition) is 0. The van der Waals surface area contributed by atoms with Crippen LogP contribution >= 0.6 is 0 Å². The quantitative estimate of drug-likeness (QED) is 0.495. The molecule has 4 heterocycles. The van der Waals surface area contributed by atoms with Gasteiger partial charge >= 0.3 is 0 Å². The van der Waals surface area contributed by atoms with Gasteiger partial charge in [-0.1, -0.05) is 6.07 Å². The molecule has 0 N–H and O–H groups in total. The number of benzene rings is 1. The average molecular weight is 277 g/mol. The predicted octanol–water partition coefficient (Wildman–Crippen LogP) is 3.02. The molecule has 5 heteroatoms. The van der Waals surface area contributed by atoms with Crippen molar-refractivity contribution in [3.63, 3.8) is 0 Å². The van der Waals surface area contributed by atoms with Gasteiger partial charge in [-0.15, -0.1) is 0 Å². The Morgan fingerprint density at radius 3 is 2.71 bits per heavy atom. The first-order valence-electron chi connectivity index (χ1n) is 7.12. The lowest BCUT2D eigenvalue weighted by atomic mass is 10.0. The van der Waals surface area contributed by atoms with Crippen LogP contribution < -0.4 is 0 Å². The molecule has 0 saturated heterocycles. The number of nitrogens with zero attached hydrogens (tertiary/aromatic N) is 5. The van der Waals surface area contributed by atoms with E-state index in [1.807, 2.05) is 18.6 Å². The molecule has 0 saturated carbocycles. The summed E-state index contributed by atoms with van der Waals surface area (Å²) in [5, 5.41) is 0. The van der Waals surface area contributed by atoms with Crippen LogP contribution in [0.25, 0.3) is 28.2 Å². The molecular weight excluding hydrogens is 262 g/mol. The third kappa shape index (κ3) is 1.07. The Morgan fingerprint density at radius 2 is 1.86 bits per heavy atom. The zero-order valence-electron chi connectivity index (χ0n) is 12.2. The van der Waals surface area contributed by atoms with E-state index in [0.29, 0.717) is 0 Å². The maximum Gasteiger partial charge on any atom is 0.216 e. The SMILES string of the molecule is Cc1ccc2c3c1-c1nccn1C(C)(C)n3c1nccn21. The topological polar surface area (TPSA) is 40.0 Å². The van der Waals surface area contributed by atoms with E-state index in [9.17, 15) is 0 Å². The molecule has 0 fully saturated rings. The van der Waals surface area contributed by atoms with Gasteiger partial charge in [0.1, 0.15) is 11.5 Å². The monoisotopic (exact) mass is 277 g/mol. The maximum absolute atomic E-state index is 4.61. The number of aromatic nitrogens is 5. The Balaban J connectivity index is 2.17. The number of rotatable bonds is 0. The molecule has 0 bridgehead atoms. The largest absolute Gasteiger partial charge is 0.307 e. The van der Waals surface area contributed by atoms with E-state index in [0.717, 1.165) is 11.6 Å². The van der Waals surface area contributed by atoms with Gasteiger partial charge in [0, 0.05) is 30.4 Å². The maximum atomic E-state index is 4.61. The van der Waals surface area contributed by atoms with Crippen molar-refractivity contribution in [1.29, 1.82) is 0 Å². The normalized spacial score (nSPS) is 15.8. The Hall–Kier alpha value is -2.56. The van der Waals surface area contributed by atoms with Gasteiger partial charge in [-0.25, -0.2) is 9.97 Å². The summed E-state index contributed by atoms with van der Waals surface area (Å²) in [6.45, 7) is 6.56. The summed E-state index contributed by atoms with van der Waals surface area (Å²) in [7, 11) is 0. The van der Waals surface area contributed by atoms with Crippen molar-refractivity contribution in [2.45, 2.75) is 26.4 Å². The summed E-state index contributed by atoms with van der Waals surface area (Å²) < 4.78 is 6.71. The Bertz CT molecular complexity index is 1030. The van der Waals surface area contributed by atoms with Crippen LogP contribution in [0.2, 0.25) is 0 Å². The fourth-order valence-corrected chi connectivity index (χ4v) is 3.69. The molecule has 0 aliphatic carbocycles. The highest BCUT2D eigenvalue weighted by Crippen LogP contribution is 2.42. The Morgan fingerprint density at radius 1 is 1.05 bits per heavy atom. The van der Waals surface area contributed by atoms with Gasteiger partial charge in [-0.05, 0) is 32.4 Å². The van der Waals surface area contributed by atoms with Crippen molar-refractivity contribution < 1.29 is 0 Å². The Labute approximate surface area is 121 Å². The second-order valence-corrected chi connectivity index (χ2v) is 6.17. The lowest BCUT2D eigenvalue weighted by molar-refractivity contribution is 0.305. The van der Waals surface area contributed by atoms with Gasteiger partial charge in [-0.3, -0.25) is 8.97 Å². The van der Waals surface area contributed by atoms with E-state index in [1.165, 1.54) is 22.2 Å². The molecule has 1 aliphatic rings. The van der Waals surface area contributed by atoms with E-state index in [1.54, 1.807) is 0 Å². The van der Waals surface area contributed by atoms with Crippen molar-refractivity contribution in [2.24, 2.45) is 0 Å². The third-order valence-corrected chi connectivity index (χ3v) is 4.67. The highest BCUT2D eigenvalue weighted by atomic mass is 15.4. The van der Waals surface area contributed by atoms with Crippen molar-refractivity contribution in [3.05, 3.63) is 42.5 Å². The molecule has 0 atom stereocenters. The first-order valence-corrected chi connectivity index (χ1v) is 7.12. The summed E-state index contributed by atoms with van der Waals surface area (Å²) in [4.78, 5) is 9.19. The second kappa shape index (κ2) is 3.19. The number of fused-ring (bicyclic) bond motifs is 5. The van der Waals surface area contributed by atoms with Gasteiger partial charge in [0.2, 0.25) is 5.78 Å². The average Bonchev–Trinajstić information content (AvgIpc) is 3.11. The van der Waals surface area contributed by atoms with Crippen molar-refractivity contribution in [3.8, 4) is 11.4 Å². The summed E-state index contributed by atoms with van der Waals surface area (Å²) in [5.74, 6) is 2.01. The van der Waals surface area contributed by atoms with Crippen LogP contribution in [0.15, 0.2) is 36.9 Å². The first kappa shape index (κ1) is 11.1. The van der Waals surface area contributed by atoms with Crippen LogP contribution in [0.5, 0.6) is 0 Å². The number of hydrogen-bond acceptors (Lipinski definition) is 2. The second-order valence-electron chi connectivity index (χ2n) is 6.17. The molecule has 0 radical (unpaired) electrons. The van der Waals surface area contributed by atoms with Crippen LogP contribution in [0.4, 0.5) is 0 Å². The number of imidazole rings is 3. The van der Waals surface area contributed by atoms with E-state index >= 15 is 0 Å². The zero-order chi connectivity index (χ0) is 14.4. The van der Waals surface area contributed by atoms with Gasteiger partial charge in [0.15, 0.2) is 0 Å². The fourth-order valence-electron chi connectivity index (χ4n) is 3.69. The standard InChI is InChI=1S/C16H15N5/c1-10-4-5-11-13-12(10)14-17-7-9-20(14)16(2,3)21(13)15-18-6-8-19(11)15/h4-9H,1-3H3. The Kier molecular flexibility index (Phi) is 1.69. The van der Waals surface area contributed by atoms with Crippen molar-refractivity contribution in [2.75, 3.05) is 0 Å². The van der Waals surface area contributed by atoms with Crippen LogP contribution in [0.1, 0.15) is 19.4 Å². The highest BCUT2D eigenvalue weighted by Gasteiger charge is 2.36. The van der Waals surface area contributed by atoms with E-state index < -0.39 is 0 Å². The van der Waals surface area contributed by atoms with Gasteiger partial charge < -0.3 is 4.57 Å². The minimum Gasteiger partial charge on any atom is -0.307 e. The molecule has 0 unspecified atom stereocenters. The molecule has 4 aromatic rings. The molecule has 1 aromatic carbocycles. The van der Waals surface area contributed by atoms with Crippen LogP contribution in [-0.2, 0) is 5.66 Å². The van der Waals surface area contributed by atoms with Gasteiger partial charge in [0.25, 0.3) is 0 Å². The van der Waals surface area contributed by atoms with Gasteiger partial charge in [-0.2, -0.15) is 0 Å². The fraction of sp³-hybridized carbons (Fsp3) is 0.250. The summed E-state index contributed by atoms with van der Waals surface area (Å²) in [6, 6.07) is 4.34. The van der Waals surface area contributed by atoms with Crippen molar-refractivity contribution >= 4 is 16.8 Å². The third-order valence-electron chi connectivity index (χ3n) is 4.67. The molecule has 0 amide bonds. The molecule has 21 heavy (non-hydrogen) atoms. The molecule has 1 aliphatic heterocycles. The van der Waals surface area contributed by atoms with Gasteiger partial charge in [0.05, 0.1) is 11.0 Å². The van der Waals surface area contributed by atoms with E-state index in [4.69, 9.17) is 0 Å². The summed E-state index contributed by atoms with van der Waals surface area (Å²) in [6.07, 6.45) is 7.81. The smallest absolute Gasteiger partial charge is 0.216 e. The molecule has 5 rings (SSSR count). The summed E-state index contributed by atoms with van der Waals surface area (Å²) in [5.41, 5.74) is 4.63. The molecule has 104 valence electrons. The molecule has 3 aromatic heterocycles. The predicted molar refractivity (Wildman–Crippen MR) is 81.4 cm³/mol. The molecule has 5 nitrogen and oxygen atoms in total. The van der Waals surface area contributed by atoms with E-state index in [-0.39, 0.29) is 5.66 Å². The van der Waals surface area contributed by atoms with Crippen molar-refractivity contribution in [1.82, 2.24) is 23.5 Å². The molecule has 0 spiro atoms.